The van der Waals surface area contributed by atoms with E-state index in [0.29, 0.717) is 0 Å². The molecule has 7 heteroatoms. The van der Waals surface area contributed by atoms with Gasteiger partial charge in [0.05, 0.1) is 5.25 Å². The molecule has 2 rings (SSSR count). The van der Waals surface area contributed by atoms with Crippen LogP contribution in [0.3, 0.4) is 0 Å². The largest absolute Gasteiger partial charge is 0.337 e. The molecule has 0 radical (unpaired) electrons. The summed E-state index contributed by atoms with van der Waals surface area (Å²) in [4.78, 5) is 18.8. The van der Waals surface area contributed by atoms with Gasteiger partial charge >= 0.3 is 0 Å². The van der Waals surface area contributed by atoms with Gasteiger partial charge in [0.15, 0.2) is 11.0 Å². The number of hydrogen-bond donors (Lipinski definition) is 0. The van der Waals surface area contributed by atoms with Crippen molar-refractivity contribution in [3.8, 4) is 11.4 Å². The van der Waals surface area contributed by atoms with E-state index in [9.17, 15) is 4.79 Å². The second-order valence-corrected chi connectivity index (χ2v) is 7.61. The van der Waals surface area contributed by atoms with Crippen LogP contribution in [-0.4, -0.2) is 47.9 Å². The monoisotopic (exact) mass is 347 g/mol. The molecule has 1 amide bonds. The second kappa shape index (κ2) is 7.79. The first kappa shape index (κ1) is 18.4. The van der Waals surface area contributed by atoms with Gasteiger partial charge in [-0.2, -0.15) is 0 Å². The summed E-state index contributed by atoms with van der Waals surface area (Å²) >= 11 is 1.43. The average molecular weight is 347 g/mol. The van der Waals surface area contributed by atoms with Crippen molar-refractivity contribution in [2.75, 3.05) is 0 Å². The zero-order chi connectivity index (χ0) is 17.9. The lowest BCUT2D eigenvalue weighted by Crippen LogP contribution is -2.45. The molecule has 0 saturated heterocycles. The predicted molar refractivity (Wildman–Crippen MR) is 96.7 cm³/mol. The van der Waals surface area contributed by atoms with Gasteiger partial charge in [0.25, 0.3) is 0 Å². The molecule has 2 aromatic rings. The molecule has 0 aliphatic rings. The highest BCUT2D eigenvalue weighted by atomic mass is 32.2. The molecule has 1 atom stereocenters. The van der Waals surface area contributed by atoms with Gasteiger partial charge in [0, 0.05) is 37.1 Å². The summed E-state index contributed by atoms with van der Waals surface area (Å²) in [6.45, 7) is 10.1. The van der Waals surface area contributed by atoms with Crippen molar-refractivity contribution in [1.82, 2.24) is 24.6 Å². The molecular weight excluding hydrogens is 322 g/mol. The lowest BCUT2D eigenvalue weighted by Gasteiger charge is -2.32. The second-order valence-electron chi connectivity index (χ2n) is 6.30. The van der Waals surface area contributed by atoms with Gasteiger partial charge in [-0.3, -0.25) is 9.78 Å². The molecule has 24 heavy (non-hydrogen) atoms. The maximum Gasteiger partial charge on any atom is 0.236 e. The maximum absolute atomic E-state index is 12.8. The molecular formula is C17H25N5OS. The van der Waals surface area contributed by atoms with E-state index in [1.54, 1.807) is 12.4 Å². The third-order valence-electron chi connectivity index (χ3n) is 3.75. The van der Waals surface area contributed by atoms with E-state index < -0.39 is 0 Å². The van der Waals surface area contributed by atoms with E-state index in [1.165, 1.54) is 11.8 Å². The molecule has 2 heterocycles. The fourth-order valence-corrected chi connectivity index (χ4v) is 3.56. The number of carbonyl (C=O) groups excluding carboxylic acids is 1. The zero-order valence-electron chi connectivity index (χ0n) is 15.1. The summed E-state index contributed by atoms with van der Waals surface area (Å²) in [5.41, 5.74) is 0.907. The molecule has 0 aliphatic heterocycles. The van der Waals surface area contributed by atoms with Crippen LogP contribution in [0.4, 0.5) is 0 Å². The Bertz CT molecular complexity index is 676. The number of hydrogen-bond acceptors (Lipinski definition) is 5. The number of carbonyl (C=O) groups is 1. The van der Waals surface area contributed by atoms with Gasteiger partial charge in [-0.25, -0.2) is 0 Å². The topological polar surface area (TPSA) is 63.9 Å². The van der Waals surface area contributed by atoms with Crippen LogP contribution < -0.4 is 0 Å². The zero-order valence-corrected chi connectivity index (χ0v) is 15.9. The van der Waals surface area contributed by atoms with Crippen LogP contribution in [0.15, 0.2) is 29.7 Å². The highest BCUT2D eigenvalue weighted by Crippen LogP contribution is 2.27. The van der Waals surface area contributed by atoms with Crippen molar-refractivity contribution in [3.05, 3.63) is 24.5 Å². The molecule has 0 aliphatic carbocycles. The van der Waals surface area contributed by atoms with E-state index >= 15 is 0 Å². The fourth-order valence-electron chi connectivity index (χ4n) is 2.69. The number of nitrogens with zero attached hydrogens (tertiary/aromatic N) is 5. The van der Waals surface area contributed by atoms with Crippen molar-refractivity contribution < 1.29 is 4.79 Å². The van der Waals surface area contributed by atoms with E-state index in [0.717, 1.165) is 16.5 Å². The van der Waals surface area contributed by atoms with Crippen LogP contribution in [0.25, 0.3) is 11.4 Å². The normalized spacial score (nSPS) is 12.7. The van der Waals surface area contributed by atoms with Crippen LogP contribution in [0.2, 0.25) is 0 Å². The van der Waals surface area contributed by atoms with Crippen LogP contribution in [0.5, 0.6) is 0 Å². The molecule has 2 aromatic heterocycles. The quantitative estimate of drug-likeness (QED) is 0.752. The third kappa shape index (κ3) is 3.95. The fraction of sp³-hybridized carbons (Fsp3) is 0.529. The standard InChI is InChI=1S/C17H25N5OS/c1-11(2)22(12(3)4)16(23)13(5)24-17-20-19-15(21(17)6)14-8-7-9-18-10-14/h7-13H,1-6H3/t13-/m0/s1. The minimum Gasteiger partial charge on any atom is -0.337 e. The van der Waals surface area contributed by atoms with Gasteiger partial charge in [-0.05, 0) is 46.8 Å². The van der Waals surface area contributed by atoms with Gasteiger partial charge in [0.1, 0.15) is 0 Å². The molecule has 6 nitrogen and oxygen atoms in total. The first-order valence-corrected chi connectivity index (χ1v) is 8.99. The van der Waals surface area contributed by atoms with Crippen molar-refractivity contribution in [2.24, 2.45) is 7.05 Å². The molecule has 0 fully saturated rings. The highest BCUT2D eigenvalue weighted by Gasteiger charge is 2.27. The lowest BCUT2D eigenvalue weighted by atomic mass is 10.2. The van der Waals surface area contributed by atoms with Crippen LogP contribution in [0.1, 0.15) is 34.6 Å². The van der Waals surface area contributed by atoms with E-state index in [2.05, 4.69) is 15.2 Å². The number of amides is 1. The Kier molecular flexibility index (Phi) is 5.99. The summed E-state index contributed by atoms with van der Waals surface area (Å²) in [6, 6.07) is 4.16. The Balaban J connectivity index is 2.17. The molecule has 0 saturated carbocycles. The Morgan fingerprint density at radius 2 is 1.83 bits per heavy atom. The van der Waals surface area contributed by atoms with Crippen LogP contribution in [0, 0.1) is 0 Å². The van der Waals surface area contributed by atoms with Gasteiger partial charge < -0.3 is 9.47 Å². The van der Waals surface area contributed by atoms with Crippen LogP contribution >= 0.6 is 11.8 Å². The summed E-state index contributed by atoms with van der Waals surface area (Å²) in [7, 11) is 1.91. The first-order valence-electron chi connectivity index (χ1n) is 8.11. The third-order valence-corrected chi connectivity index (χ3v) is 4.87. The molecule has 0 bridgehead atoms. The molecule has 130 valence electrons. The van der Waals surface area contributed by atoms with E-state index in [-0.39, 0.29) is 23.2 Å². The maximum atomic E-state index is 12.8. The van der Waals surface area contributed by atoms with Crippen LogP contribution in [-0.2, 0) is 11.8 Å². The lowest BCUT2D eigenvalue weighted by molar-refractivity contribution is -0.133. The highest BCUT2D eigenvalue weighted by molar-refractivity contribution is 8.00. The number of pyridine rings is 1. The van der Waals surface area contributed by atoms with Crippen molar-refractivity contribution >= 4 is 17.7 Å². The molecule has 0 unspecified atom stereocenters. The number of thioether (sulfide) groups is 1. The molecule has 0 N–H and O–H groups in total. The Hall–Kier alpha value is -1.89. The summed E-state index contributed by atoms with van der Waals surface area (Å²) in [6.07, 6.45) is 3.48. The van der Waals surface area contributed by atoms with E-state index in [1.807, 2.05) is 63.3 Å². The predicted octanol–water partition coefficient (Wildman–Crippen LogP) is 3.00. The minimum absolute atomic E-state index is 0.121. The number of aromatic nitrogens is 4. The Morgan fingerprint density at radius 3 is 2.38 bits per heavy atom. The SMILES string of the molecule is CC(C)N(C(=O)[C@H](C)Sc1nnc(-c2cccnc2)n1C)C(C)C. The molecule has 0 spiro atoms. The summed E-state index contributed by atoms with van der Waals surface area (Å²) in [5, 5.41) is 8.98. The Morgan fingerprint density at radius 1 is 1.17 bits per heavy atom. The van der Waals surface area contributed by atoms with Crippen molar-refractivity contribution in [3.63, 3.8) is 0 Å². The van der Waals surface area contributed by atoms with Gasteiger partial charge in [-0.15, -0.1) is 10.2 Å². The van der Waals surface area contributed by atoms with Gasteiger partial charge in [-0.1, -0.05) is 11.8 Å². The summed E-state index contributed by atoms with van der Waals surface area (Å²) in [5.74, 6) is 0.866. The van der Waals surface area contributed by atoms with Crippen molar-refractivity contribution in [1.29, 1.82) is 0 Å². The summed E-state index contributed by atoms with van der Waals surface area (Å²) < 4.78 is 1.90. The minimum atomic E-state index is -0.223. The average Bonchev–Trinajstić information content (AvgIpc) is 2.88. The van der Waals surface area contributed by atoms with Gasteiger partial charge in [0.2, 0.25) is 5.91 Å². The Labute approximate surface area is 147 Å². The smallest absolute Gasteiger partial charge is 0.236 e. The van der Waals surface area contributed by atoms with E-state index in [4.69, 9.17) is 0 Å². The first-order chi connectivity index (χ1) is 11.3. The number of rotatable bonds is 6. The molecule has 0 aromatic carbocycles. The van der Waals surface area contributed by atoms with Crippen molar-refractivity contribution in [2.45, 2.75) is 57.1 Å².